The molecule has 1 atom stereocenters. The van der Waals surface area contributed by atoms with Crippen LogP contribution in [0.15, 0.2) is 36.4 Å². The van der Waals surface area contributed by atoms with E-state index in [2.05, 4.69) is 10.6 Å². The van der Waals surface area contributed by atoms with Crippen molar-refractivity contribution in [2.45, 2.75) is 46.1 Å². The van der Waals surface area contributed by atoms with Crippen LogP contribution in [0.2, 0.25) is 5.02 Å². The molecule has 0 saturated heterocycles. The first kappa shape index (κ1) is 28.3. The average Bonchev–Trinajstić information content (AvgIpc) is 2.85. The van der Waals surface area contributed by atoms with E-state index in [9.17, 15) is 14.4 Å². The van der Waals surface area contributed by atoms with Crippen molar-refractivity contribution < 1.29 is 23.9 Å². The highest BCUT2D eigenvalue weighted by Gasteiger charge is 2.24. The largest absolute Gasteiger partial charge is 0.496 e. The number of amides is 3. The van der Waals surface area contributed by atoms with Gasteiger partial charge in [0.15, 0.2) is 0 Å². The lowest BCUT2D eigenvalue weighted by Crippen LogP contribution is -2.48. The van der Waals surface area contributed by atoms with Crippen molar-refractivity contribution in [1.29, 1.82) is 0 Å². The number of benzene rings is 2. The summed E-state index contributed by atoms with van der Waals surface area (Å²) >= 11 is 6.13. The van der Waals surface area contributed by atoms with Crippen LogP contribution < -0.4 is 20.1 Å². The number of fused-ring (bicyclic) bond motifs is 1. The predicted molar refractivity (Wildman–Crippen MR) is 143 cm³/mol. The van der Waals surface area contributed by atoms with Gasteiger partial charge in [-0.1, -0.05) is 43.1 Å². The lowest BCUT2D eigenvalue weighted by Gasteiger charge is -2.26. The van der Waals surface area contributed by atoms with E-state index in [1.807, 2.05) is 39.0 Å². The average molecular weight is 530 g/mol. The molecule has 3 amide bonds. The molecule has 9 heteroatoms. The monoisotopic (exact) mass is 529 g/mol. The highest BCUT2D eigenvalue weighted by Crippen LogP contribution is 2.24. The number of nitrogens with one attached hydrogen (secondary N) is 2. The zero-order valence-corrected chi connectivity index (χ0v) is 22.7. The van der Waals surface area contributed by atoms with Gasteiger partial charge in [-0.2, -0.15) is 0 Å². The predicted octanol–water partition coefficient (Wildman–Crippen LogP) is 3.77. The fourth-order valence-electron chi connectivity index (χ4n) is 4.15. The molecule has 200 valence electrons. The number of carbonyl (C=O) groups is 3. The first-order valence-electron chi connectivity index (χ1n) is 12.6. The van der Waals surface area contributed by atoms with Gasteiger partial charge >= 0.3 is 0 Å². The Hall–Kier alpha value is -3.26. The molecule has 1 heterocycles. The second-order valence-electron chi connectivity index (χ2n) is 9.64. The summed E-state index contributed by atoms with van der Waals surface area (Å²) in [5.41, 5.74) is 2.15. The lowest BCUT2D eigenvalue weighted by molar-refractivity contribution is -0.136. The molecular weight excluding hydrogens is 494 g/mol. The number of hydrogen-bond donors (Lipinski definition) is 2. The third kappa shape index (κ3) is 8.12. The summed E-state index contributed by atoms with van der Waals surface area (Å²) < 4.78 is 11.4. The summed E-state index contributed by atoms with van der Waals surface area (Å²) in [4.78, 5) is 40.8. The second kappa shape index (κ2) is 13.3. The Bertz CT molecular complexity index is 1120. The summed E-state index contributed by atoms with van der Waals surface area (Å²) in [7, 11) is 1.57. The maximum absolute atomic E-state index is 13.3. The summed E-state index contributed by atoms with van der Waals surface area (Å²) in [5.74, 6) is 0.405. The number of methoxy groups -OCH3 is 1. The van der Waals surface area contributed by atoms with Crippen LogP contribution in [-0.2, 0) is 16.0 Å². The Kier molecular flexibility index (Phi) is 10.2. The Morgan fingerprint density at radius 2 is 1.97 bits per heavy atom. The van der Waals surface area contributed by atoms with Crippen LogP contribution in [0, 0.1) is 12.8 Å². The minimum atomic E-state index is -0.321. The van der Waals surface area contributed by atoms with Gasteiger partial charge in [0.2, 0.25) is 11.8 Å². The van der Waals surface area contributed by atoms with Gasteiger partial charge in [0, 0.05) is 23.7 Å². The van der Waals surface area contributed by atoms with E-state index in [4.69, 9.17) is 21.1 Å². The van der Waals surface area contributed by atoms with Crippen LogP contribution in [0.3, 0.4) is 0 Å². The van der Waals surface area contributed by atoms with Crippen molar-refractivity contribution in [2.24, 2.45) is 5.92 Å². The van der Waals surface area contributed by atoms with Crippen LogP contribution >= 0.6 is 11.6 Å². The second-order valence-corrected chi connectivity index (χ2v) is 10.1. The molecular formula is C28H36ClN3O5. The van der Waals surface area contributed by atoms with Crippen molar-refractivity contribution in [3.63, 3.8) is 0 Å². The zero-order valence-electron chi connectivity index (χ0n) is 21.9. The van der Waals surface area contributed by atoms with Gasteiger partial charge in [0.05, 0.1) is 31.7 Å². The van der Waals surface area contributed by atoms with Crippen LogP contribution in [0.5, 0.6) is 11.5 Å². The van der Waals surface area contributed by atoms with E-state index in [1.165, 1.54) is 0 Å². The van der Waals surface area contributed by atoms with Gasteiger partial charge in [-0.3, -0.25) is 14.4 Å². The topological polar surface area (TPSA) is 97.0 Å². The first-order chi connectivity index (χ1) is 17.7. The standard InChI is InChI=1S/C28H36ClN3O5/c1-18(2)23-17-37-25-10-8-21(29)15-22(25)28(35)30-11-5-6-12-32(16-26(33)31-23)27(34)14-20-13-19(3)7-9-24(20)36-4/h7-10,13,15,18,23H,5-6,11-12,14,16-17H2,1-4H3,(H,30,35)(H,31,33)/t23-/m0/s1. The van der Waals surface area contributed by atoms with Gasteiger partial charge in [0.1, 0.15) is 18.1 Å². The highest BCUT2D eigenvalue weighted by molar-refractivity contribution is 6.31. The van der Waals surface area contributed by atoms with E-state index in [-0.39, 0.29) is 49.3 Å². The normalized spacial score (nSPS) is 17.6. The van der Waals surface area contributed by atoms with E-state index in [1.54, 1.807) is 30.2 Å². The van der Waals surface area contributed by atoms with Gasteiger partial charge in [0.25, 0.3) is 5.91 Å². The van der Waals surface area contributed by atoms with Crippen LogP contribution in [0.1, 0.15) is 48.2 Å². The molecule has 2 N–H and O–H groups in total. The number of aryl methyl sites for hydroxylation is 1. The molecule has 2 aromatic carbocycles. The fourth-order valence-corrected chi connectivity index (χ4v) is 4.32. The van der Waals surface area contributed by atoms with Gasteiger partial charge < -0.3 is 25.0 Å². The number of carbonyl (C=O) groups excluding carboxylic acids is 3. The molecule has 0 unspecified atom stereocenters. The number of halogens is 1. The molecule has 3 rings (SSSR count). The quantitative estimate of drug-likeness (QED) is 0.628. The van der Waals surface area contributed by atoms with Crippen molar-refractivity contribution in [3.05, 3.63) is 58.1 Å². The minimum absolute atomic E-state index is 0.0601. The fraction of sp³-hybridized carbons (Fsp3) is 0.464. The Balaban J connectivity index is 1.80. The lowest BCUT2D eigenvalue weighted by atomic mass is 10.0. The van der Waals surface area contributed by atoms with Gasteiger partial charge in [-0.05, 0) is 49.9 Å². The smallest absolute Gasteiger partial charge is 0.255 e. The minimum Gasteiger partial charge on any atom is -0.496 e. The maximum atomic E-state index is 13.3. The molecule has 37 heavy (non-hydrogen) atoms. The van der Waals surface area contributed by atoms with Crippen molar-refractivity contribution in [2.75, 3.05) is 33.4 Å². The van der Waals surface area contributed by atoms with Gasteiger partial charge in [-0.15, -0.1) is 0 Å². The van der Waals surface area contributed by atoms with E-state index in [0.29, 0.717) is 48.0 Å². The van der Waals surface area contributed by atoms with E-state index >= 15 is 0 Å². The Morgan fingerprint density at radius 3 is 2.70 bits per heavy atom. The molecule has 0 aromatic heterocycles. The molecule has 0 saturated carbocycles. The maximum Gasteiger partial charge on any atom is 0.255 e. The number of nitrogens with zero attached hydrogens (tertiary/aromatic N) is 1. The summed E-state index contributed by atoms with van der Waals surface area (Å²) in [6, 6.07) is 10.3. The van der Waals surface area contributed by atoms with Crippen molar-refractivity contribution in [3.8, 4) is 11.5 Å². The third-order valence-electron chi connectivity index (χ3n) is 6.36. The van der Waals surface area contributed by atoms with Gasteiger partial charge in [-0.25, -0.2) is 0 Å². The van der Waals surface area contributed by atoms with E-state index in [0.717, 1.165) is 11.1 Å². The Morgan fingerprint density at radius 1 is 1.19 bits per heavy atom. The molecule has 0 bridgehead atoms. The molecule has 0 aliphatic carbocycles. The molecule has 0 radical (unpaired) electrons. The summed E-state index contributed by atoms with van der Waals surface area (Å²) in [6.45, 7) is 6.82. The van der Waals surface area contributed by atoms with Crippen LogP contribution in [-0.4, -0.2) is 62.0 Å². The molecule has 8 nitrogen and oxygen atoms in total. The summed E-state index contributed by atoms with van der Waals surface area (Å²) in [6.07, 6.45) is 1.38. The van der Waals surface area contributed by atoms with E-state index < -0.39 is 0 Å². The number of ether oxygens (including phenoxy) is 2. The highest BCUT2D eigenvalue weighted by atomic mass is 35.5. The number of hydrogen-bond acceptors (Lipinski definition) is 5. The van der Waals surface area contributed by atoms with Crippen molar-refractivity contribution in [1.82, 2.24) is 15.5 Å². The van der Waals surface area contributed by atoms with Crippen molar-refractivity contribution >= 4 is 29.3 Å². The van der Waals surface area contributed by atoms with Crippen LogP contribution in [0.25, 0.3) is 0 Å². The summed E-state index contributed by atoms with van der Waals surface area (Å²) in [5, 5.41) is 6.35. The number of rotatable bonds is 4. The Labute approximate surface area is 223 Å². The molecule has 0 spiro atoms. The molecule has 1 aliphatic heterocycles. The zero-order chi connectivity index (χ0) is 26.9. The first-order valence-corrected chi connectivity index (χ1v) is 13.0. The third-order valence-corrected chi connectivity index (χ3v) is 6.60. The SMILES string of the molecule is COc1ccc(C)cc1CC(=O)N1CCCCNC(=O)c2cc(Cl)ccc2OC[C@@H](C(C)C)NC(=O)C1. The van der Waals surface area contributed by atoms with Crippen LogP contribution in [0.4, 0.5) is 0 Å². The molecule has 0 fully saturated rings. The molecule has 2 aromatic rings. The molecule has 1 aliphatic rings.